The van der Waals surface area contributed by atoms with Crippen molar-refractivity contribution in [3.05, 3.63) is 18.3 Å². The average Bonchev–Trinajstić information content (AvgIpc) is 2.96. The van der Waals surface area contributed by atoms with Crippen molar-refractivity contribution in [1.82, 2.24) is 15.2 Å². The van der Waals surface area contributed by atoms with Crippen molar-refractivity contribution in [3.63, 3.8) is 0 Å². The van der Waals surface area contributed by atoms with Crippen LogP contribution in [0.5, 0.6) is 0 Å². The van der Waals surface area contributed by atoms with Crippen LogP contribution in [-0.4, -0.2) is 52.9 Å². The summed E-state index contributed by atoms with van der Waals surface area (Å²) in [6, 6.07) is 3.23. The summed E-state index contributed by atoms with van der Waals surface area (Å²) in [5.41, 5.74) is -0.281. The Morgan fingerprint density at radius 1 is 1.21 bits per heavy atom. The minimum atomic E-state index is -0.840. The summed E-state index contributed by atoms with van der Waals surface area (Å²) in [6.07, 6.45) is 8.74. The predicted molar refractivity (Wildman–Crippen MR) is 110 cm³/mol. The van der Waals surface area contributed by atoms with Crippen molar-refractivity contribution >= 4 is 29.4 Å². The number of hydrogen-bond acceptors (Lipinski definition) is 5. The van der Waals surface area contributed by atoms with Gasteiger partial charge in [-0.3, -0.25) is 14.5 Å². The molecule has 2 saturated heterocycles. The maximum Gasteiger partial charge on any atom is 0.325 e. The van der Waals surface area contributed by atoms with Crippen molar-refractivity contribution in [3.8, 4) is 0 Å². The van der Waals surface area contributed by atoms with Gasteiger partial charge in [-0.05, 0) is 50.2 Å². The van der Waals surface area contributed by atoms with E-state index in [2.05, 4.69) is 20.5 Å². The summed E-state index contributed by atoms with van der Waals surface area (Å²) in [7, 11) is 0. The highest BCUT2D eigenvalue weighted by molar-refractivity contribution is 6.10. The second-order valence-corrected chi connectivity index (χ2v) is 8.44. The highest BCUT2D eigenvalue weighted by Gasteiger charge is 2.55. The maximum absolute atomic E-state index is 13.0. The molecule has 2 aliphatic heterocycles. The van der Waals surface area contributed by atoms with Gasteiger partial charge in [-0.1, -0.05) is 19.8 Å². The number of carbonyl (C=O) groups excluding carboxylic acids is 3. The molecule has 0 aromatic carbocycles. The van der Waals surface area contributed by atoms with E-state index in [1.807, 2.05) is 19.1 Å². The molecular weight excluding hydrogens is 370 g/mol. The molecule has 2 atom stereocenters. The first-order valence-corrected chi connectivity index (χ1v) is 10.6. The molecule has 8 nitrogen and oxygen atoms in total. The largest absolute Gasteiger partial charge is 0.357 e. The van der Waals surface area contributed by atoms with Gasteiger partial charge >= 0.3 is 6.03 Å². The van der Waals surface area contributed by atoms with E-state index in [0.29, 0.717) is 12.1 Å². The first-order chi connectivity index (χ1) is 14.0. The van der Waals surface area contributed by atoms with Crippen LogP contribution in [0.2, 0.25) is 0 Å². The third-order valence-corrected chi connectivity index (χ3v) is 6.51. The van der Waals surface area contributed by atoms with Gasteiger partial charge in [0, 0.05) is 13.1 Å². The summed E-state index contributed by atoms with van der Waals surface area (Å²) >= 11 is 0. The van der Waals surface area contributed by atoms with Crippen LogP contribution in [0.1, 0.15) is 51.9 Å². The predicted octanol–water partition coefficient (Wildman–Crippen LogP) is 2.51. The molecular formula is C21H29N5O3. The van der Waals surface area contributed by atoms with Gasteiger partial charge in [0.25, 0.3) is 5.91 Å². The number of carbonyl (C=O) groups is 3. The van der Waals surface area contributed by atoms with E-state index >= 15 is 0 Å². The fourth-order valence-corrected chi connectivity index (χ4v) is 4.75. The number of piperidine rings is 1. The monoisotopic (exact) mass is 399 g/mol. The van der Waals surface area contributed by atoms with E-state index in [1.54, 1.807) is 6.20 Å². The molecule has 1 saturated carbocycles. The molecule has 1 aromatic heterocycles. The lowest BCUT2D eigenvalue weighted by Gasteiger charge is -2.36. The molecule has 2 N–H and O–H groups in total. The number of imide groups is 1. The van der Waals surface area contributed by atoms with Crippen LogP contribution in [-0.2, 0) is 9.59 Å². The van der Waals surface area contributed by atoms with Gasteiger partial charge in [0.15, 0.2) is 0 Å². The quantitative estimate of drug-likeness (QED) is 0.759. The second kappa shape index (κ2) is 8.00. The summed E-state index contributed by atoms with van der Waals surface area (Å²) in [6.45, 7) is 3.72. The lowest BCUT2D eigenvalue weighted by Crippen LogP contribution is -2.54. The Kier molecular flexibility index (Phi) is 5.43. The van der Waals surface area contributed by atoms with Crippen LogP contribution in [0.25, 0.3) is 0 Å². The van der Waals surface area contributed by atoms with Crippen LogP contribution in [0.3, 0.4) is 0 Å². The molecule has 0 bridgehead atoms. The highest BCUT2D eigenvalue weighted by Crippen LogP contribution is 2.38. The summed E-state index contributed by atoms with van der Waals surface area (Å²) in [5, 5.41) is 5.62. The first kappa shape index (κ1) is 19.7. The van der Waals surface area contributed by atoms with E-state index in [4.69, 9.17) is 0 Å². The van der Waals surface area contributed by atoms with Crippen molar-refractivity contribution < 1.29 is 14.4 Å². The summed E-state index contributed by atoms with van der Waals surface area (Å²) < 4.78 is 0. The molecule has 4 rings (SSSR count). The normalized spacial score (nSPS) is 27.3. The number of urea groups is 1. The lowest BCUT2D eigenvalue weighted by molar-refractivity contribution is -0.136. The summed E-state index contributed by atoms with van der Waals surface area (Å²) in [4.78, 5) is 45.6. The molecule has 1 aliphatic carbocycles. The molecule has 8 heteroatoms. The topological polar surface area (TPSA) is 94.6 Å². The van der Waals surface area contributed by atoms with Crippen LogP contribution in [0.15, 0.2) is 18.3 Å². The highest BCUT2D eigenvalue weighted by atomic mass is 16.2. The van der Waals surface area contributed by atoms with Gasteiger partial charge in [0.1, 0.15) is 17.9 Å². The zero-order valence-electron chi connectivity index (χ0n) is 16.9. The van der Waals surface area contributed by atoms with Crippen LogP contribution in [0.4, 0.5) is 16.3 Å². The van der Waals surface area contributed by atoms with Gasteiger partial charge < -0.3 is 15.5 Å². The van der Waals surface area contributed by atoms with Gasteiger partial charge in [0.05, 0.1) is 11.9 Å². The maximum atomic E-state index is 13.0. The SMILES string of the molecule is CC1CCCCC12NC(=O)N(CC(=O)Nc1ccc(N3CCCCC3)nc1)C2=O. The molecule has 3 aliphatic rings. The number of aromatic nitrogens is 1. The van der Waals surface area contributed by atoms with E-state index in [1.165, 1.54) is 19.3 Å². The lowest BCUT2D eigenvalue weighted by atomic mass is 9.73. The summed E-state index contributed by atoms with van der Waals surface area (Å²) in [5.74, 6) is 0.308. The van der Waals surface area contributed by atoms with E-state index in [-0.39, 0.29) is 18.4 Å². The van der Waals surface area contributed by atoms with Crippen LogP contribution < -0.4 is 15.5 Å². The molecule has 0 radical (unpaired) electrons. The molecule has 1 aromatic rings. The zero-order valence-corrected chi connectivity index (χ0v) is 16.9. The van der Waals surface area contributed by atoms with Crippen LogP contribution in [0, 0.1) is 5.92 Å². The van der Waals surface area contributed by atoms with Gasteiger partial charge in [-0.25, -0.2) is 9.78 Å². The van der Waals surface area contributed by atoms with Crippen molar-refractivity contribution in [2.24, 2.45) is 5.92 Å². The van der Waals surface area contributed by atoms with Gasteiger partial charge in [-0.2, -0.15) is 0 Å². The fraction of sp³-hybridized carbons (Fsp3) is 0.619. The Labute approximate surface area is 171 Å². The van der Waals surface area contributed by atoms with Gasteiger partial charge in [-0.15, -0.1) is 0 Å². The average molecular weight is 399 g/mol. The molecule has 4 amide bonds. The standard InChI is InChI=1S/C21H29N5O3/c1-15-7-3-4-10-21(15)19(28)26(20(29)24-21)14-18(27)23-16-8-9-17(22-13-16)25-11-5-2-6-12-25/h8-9,13,15H,2-7,10-12,14H2,1H3,(H,23,27)(H,24,29). The van der Waals surface area contributed by atoms with Crippen molar-refractivity contribution in [2.75, 3.05) is 29.9 Å². The zero-order chi connectivity index (χ0) is 20.4. The third-order valence-electron chi connectivity index (χ3n) is 6.51. The van der Waals surface area contributed by atoms with E-state index in [0.717, 1.165) is 43.1 Å². The molecule has 29 heavy (non-hydrogen) atoms. The Morgan fingerprint density at radius 2 is 2.00 bits per heavy atom. The molecule has 1 spiro atoms. The van der Waals surface area contributed by atoms with E-state index in [9.17, 15) is 14.4 Å². The molecule has 3 fully saturated rings. The van der Waals surface area contributed by atoms with E-state index < -0.39 is 17.5 Å². The number of hydrogen-bond donors (Lipinski definition) is 2. The smallest absolute Gasteiger partial charge is 0.325 e. The molecule has 156 valence electrons. The molecule has 3 heterocycles. The van der Waals surface area contributed by atoms with Gasteiger partial charge in [0.2, 0.25) is 5.91 Å². The Hall–Kier alpha value is -2.64. The molecule has 2 unspecified atom stereocenters. The number of amides is 4. The number of nitrogens with zero attached hydrogens (tertiary/aromatic N) is 3. The third kappa shape index (κ3) is 3.80. The number of rotatable bonds is 4. The van der Waals surface area contributed by atoms with Crippen molar-refractivity contribution in [1.29, 1.82) is 0 Å². The number of anilines is 2. The minimum absolute atomic E-state index is 0.0762. The Bertz CT molecular complexity index is 790. The van der Waals surface area contributed by atoms with Crippen molar-refractivity contribution in [2.45, 2.75) is 57.4 Å². The Morgan fingerprint density at radius 3 is 2.69 bits per heavy atom. The second-order valence-electron chi connectivity index (χ2n) is 8.44. The minimum Gasteiger partial charge on any atom is -0.357 e. The Balaban J connectivity index is 1.37. The number of nitrogens with one attached hydrogen (secondary N) is 2. The fourth-order valence-electron chi connectivity index (χ4n) is 4.75. The number of pyridine rings is 1. The first-order valence-electron chi connectivity index (χ1n) is 10.6. The van der Waals surface area contributed by atoms with Crippen LogP contribution >= 0.6 is 0 Å².